The number of phenols is 1. The summed E-state index contributed by atoms with van der Waals surface area (Å²) in [6.07, 6.45) is 0. The average Bonchev–Trinajstić information content (AvgIpc) is 2.59. The Hall–Kier alpha value is -2.72. The van der Waals surface area contributed by atoms with E-state index < -0.39 is 5.82 Å². The van der Waals surface area contributed by atoms with Crippen molar-refractivity contribution in [3.8, 4) is 17.2 Å². The molecule has 0 fully saturated rings. The fourth-order valence-corrected chi connectivity index (χ4v) is 2.34. The third-order valence-electron chi connectivity index (χ3n) is 3.42. The van der Waals surface area contributed by atoms with Crippen LogP contribution in [0.3, 0.4) is 0 Å². The standard InChI is InChI=1S/C19H15ClFNO2/c20-14-7-9-15(10-8-14)24-16-4-1-3-13(11-16)12-22-18-6-2-5-17(21)19(18)23/h1-11,22-23H,12H2. The molecule has 0 radical (unpaired) electrons. The largest absolute Gasteiger partial charge is 0.503 e. The smallest absolute Gasteiger partial charge is 0.174 e. The van der Waals surface area contributed by atoms with Crippen molar-refractivity contribution in [1.82, 2.24) is 0 Å². The van der Waals surface area contributed by atoms with Gasteiger partial charge in [-0.2, -0.15) is 0 Å². The van der Waals surface area contributed by atoms with Crippen LogP contribution >= 0.6 is 11.6 Å². The Morgan fingerprint density at radius 3 is 2.50 bits per heavy atom. The normalized spacial score (nSPS) is 10.4. The highest BCUT2D eigenvalue weighted by molar-refractivity contribution is 6.30. The first-order chi connectivity index (χ1) is 11.6. The van der Waals surface area contributed by atoms with E-state index in [2.05, 4.69) is 5.32 Å². The zero-order chi connectivity index (χ0) is 16.9. The van der Waals surface area contributed by atoms with E-state index in [4.69, 9.17) is 16.3 Å². The maximum atomic E-state index is 13.3. The Morgan fingerprint density at radius 1 is 0.958 bits per heavy atom. The molecule has 3 aromatic carbocycles. The van der Waals surface area contributed by atoms with Crippen LogP contribution in [0.15, 0.2) is 66.7 Å². The second-order valence-corrected chi connectivity index (χ2v) is 5.63. The Bertz CT molecular complexity index is 837. The van der Waals surface area contributed by atoms with Gasteiger partial charge in [0.1, 0.15) is 11.5 Å². The van der Waals surface area contributed by atoms with Crippen LogP contribution in [0.4, 0.5) is 10.1 Å². The Balaban J connectivity index is 1.69. The lowest BCUT2D eigenvalue weighted by Gasteiger charge is -2.11. The number of nitrogens with one attached hydrogen (secondary N) is 1. The molecule has 0 saturated heterocycles. The maximum absolute atomic E-state index is 13.3. The highest BCUT2D eigenvalue weighted by atomic mass is 35.5. The van der Waals surface area contributed by atoms with Crippen molar-refractivity contribution in [2.45, 2.75) is 6.54 Å². The van der Waals surface area contributed by atoms with Crippen LogP contribution in [0.25, 0.3) is 0 Å². The van der Waals surface area contributed by atoms with Crippen LogP contribution in [-0.4, -0.2) is 5.11 Å². The lowest BCUT2D eigenvalue weighted by Crippen LogP contribution is -2.00. The van der Waals surface area contributed by atoms with E-state index >= 15 is 0 Å². The predicted octanol–water partition coefficient (Wildman–Crippen LogP) is 5.59. The molecule has 0 atom stereocenters. The van der Waals surface area contributed by atoms with Crippen LogP contribution in [0.5, 0.6) is 17.2 Å². The molecule has 5 heteroatoms. The zero-order valence-electron chi connectivity index (χ0n) is 12.7. The van der Waals surface area contributed by atoms with Gasteiger partial charge in [-0.3, -0.25) is 0 Å². The van der Waals surface area contributed by atoms with Gasteiger partial charge in [-0.25, -0.2) is 4.39 Å². The first kappa shape index (κ1) is 16.1. The van der Waals surface area contributed by atoms with Crippen molar-refractivity contribution in [2.24, 2.45) is 0 Å². The molecule has 0 aliphatic carbocycles. The van der Waals surface area contributed by atoms with Crippen LogP contribution in [0.1, 0.15) is 5.56 Å². The fourth-order valence-electron chi connectivity index (χ4n) is 2.21. The first-order valence-electron chi connectivity index (χ1n) is 7.35. The number of ether oxygens (including phenoxy) is 1. The van der Waals surface area contributed by atoms with Crippen molar-refractivity contribution >= 4 is 17.3 Å². The summed E-state index contributed by atoms with van der Waals surface area (Å²) in [6, 6.07) is 19.0. The summed E-state index contributed by atoms with van der Waals surface area (Å²) in [5.41, 5.74) is 1.28. The van der Waals surface area contributed by atoms with Crippen molar-refractivity contribution in [1.29, 1.82) is 0 Å². The van der Waals surface area contributed by atoms with Gasteiger partial charge in [-0.1, -0.05) is 29.8 Å². The molecular weight excluding hydrogens is 329 g/mol. The maximum Gasteiger partial charge on any atom is 0.174 e. The Morgan fingerprint density at radius 2 is 1.71 bits per heavy atom. The van der Waals surface area contributed by atoms with Gasteiger partial charge >= 0.3 is 0 Å². The second-order valence-electron chi connectivity index (χ2n) is 5.19. The minimum atomic E-state index is -0.653. The van der Waals surface area contributed by atoms with Crippen molar-refractivity contribution in [3.63, 3.8) is 0 Å². The minimum Gasteiger partial charge on any atom is -0.503 e. The molecule has 0 heterocycles. The molecule has 0 aromatic heterocycles. The van der Waals surface area contributed by atoms with E-state index in [0.29, 0.717) is 28.8 Å². The van der Waals surface area contributed by atoms with E-state index in [0.717, 1.165) is 5.56 Å². The van der Waals surface area contributed by atoms with Gasteiger partial charge < -0.3 is 15.2 Å². The molecule has 0 amide bonds. The van der Waals surface area contributed by atoms with Crippen molar-refractivity contribution < 1.29 is 14.2 Å². The van der Waals surface area contributed by atoms with Crippen LogP contribution in [0.2, 0.25) is 5.02 Å². The van der Waals surface area contributed by atoms with Gasteiger partial charge in [-0.05, 0) is 54.1 Å². The molecule has 0 saturated carbocycles. The summed E-state index contributed by atoms with van der Waals surface area (Å²) in [6.45, 7) is 0.425. The van der Waals surface area contributed by atoms with Gasteiger partial charge in [0.25, 0.3) is 0 Å². The van der Waals surface area contributed by atoms with E-state index in [9.17, 15) is 9.50 Å². The van der Waals surface area contributed by atoms with Gasteiger partial charge in [-0.15, -0.1) is 0 Å². The number of halogens is 2. The minimum absolute atomic E-state index is 0.346. The summed E-state index contributed by atoms with van der Waals surface area (Å²) >= 11 is 5.85. The molecule has 3 rings (SSSR count). The van der Waals surface area contributed by atoms with E-state index in [-0.39, 0.29) is 5.75 Å². The monoisotopic (exact) mass is 343 g/mol. The Labute approximate surface area is 144 Å². The number of hydrogen-bond donors (Lipinski definition) is 2. The molecule has 2 N–H and O–H groups in total. The highest BCUT2D eigenvalue weighted by Crippen LogP contribution is 2.27. The summed E-state index contributed by atoms with van der Waals surface area (Å²) in [4.78, 5) is 0. The lowest BCUT2D eigenvalue weighted by atomic mass is 10.2. The summed E-state index contributed by atoms with van der Waals surface area (Å²) in [7, 11) is 0. The van der Waals surface area contributed by atoms with Gasteiger partial charge in [0.15, 0.2) is 11.6 Å². The third kappa shape index (κ3) is 3.97. The van der Waals surface area contributed by atoms with Gasteiger partial charge in [0.2, 0.25) is 0 Å². The molecule has 3 nitrogen and oxygen atoms in total. The first-order valence-corrected chi connectivity index (χ1v) is 7.73. The summed E-state index contributed by atoms with van der Waals surface area (Å²) in [5, 5.41) is 13.3. The molecule has 0 aliphatic heterocycles. The van der Waals surface area contributed by atoms with Crippen LogP contribution in [0, 0.1) is 5.82 Å². The number of rotatable bonds is 5. The van der Waals surface area contributed by atoms with Gasteiger partial charge in [0, 0.05) is 11.6 Å². The third-order valence-corrected chi connectivity index (χ3v) is 3.67. The number of hydrogen-bond acceptors (Lipinski definition) is 3. The number of aromatic hydroxyl groups is 1. The molecule has 24 heavy (non-hydrogen) atoms. The SMILES string of the molecule is Oc1c(F)cccc1NCc1cccc(Oc2ccc(Cl)cc2)c1. The Kier molecular flexibility index (Phi) is 4.87. The molecule has 3 aromatic rings. The van der Waals surface area contributed by atoms with E-state index in [1.807, 2.05) is 24.3 Å². The number of anilines is 1. The topological polar surface area (TPSA) is 41.5 Å². The van der Waals surface area contributed by atoms with Crippen LogP contribution in [-0.2, 0) is 6.54 Å². The van der Waals surface area contributed by atoms with Gasteiger partial charge in [0.05, 0.1) is 5.69 Å². The summed E-state index contributed by atoms with van der Waals surface area (Å²) in [5.74, 6) is 0.332. The van der Waals surface area contributed by atoms with Crippen molar-refractivity contribution in [3.05, 3.63) is 83.1 Å². The van der Waals surface area contributed by atoms with Crippen LogP contribution < -0.4 is 10.1 Å². The lowest BCUT2D eigenvalue weighted by molar-refractivity contribution is 0.434. The predicted molar refractivity (Wildman–Crippen MR) is 93.4 cm³/mol. The number of para-hydroxylation sites is 1. The number of phenolic OH excluding ortho intramolecular Hbond substituents is 1. The molecule has 0 bridgehead atoms. The van der Waals surface area contributed by atoms with Crippen molar-refractivity contribution in [2.75, 3.05) is 5.32 Å². The second kappa shape index (κ2) is 7.23. The number of benzene rings is 3. The highest BCUT2D eigenvalue weighted by Gasteiger charge is 2.06. The van der Waals surface area contributed by atoms with E-state index in [1.54, 1.807) is 30.3 Å². The quantitative estimate of drug-likeness (QED) is 0.593. The summed E-state index contributed by atoms with van der Waals surface area (Å²) < 4.78 is 19.1. The molecular formula is C19H15ClFNO2. The molecule has 0 unspecified atom stereocenters. The fraction of sp³-hybridized carbons (Fsp3) is 0.0526. The molecule has 122 valence electrons. The van der Waals surface area contributed by atoms with E-state index in [1.165, 1.54) is 12.1 Å². The molecule has 0 spiro atoms. The average molecular weight is 344 g/mol. The zero-order valence-corrected chi connectivity index (χ0v) is 13.4. The molecule has 0 aliphatic rings.